The molecule has 9 nitrogen and oxygen atoms in total. The van der Waals surface area contributed by atoms with Crippen molar-refractivity contribution in [2.45, 2.75) is 11.1 Å². The number of hydrogen-bond donors (Lipinski definition) is 1. The van der Waals surface area contributed by atoms with E-state index in [4.69, 9.17) is 16.3 Å². The van der Waals surface area contributed by atoms with Crippen LogP contribution in [-0.2, 0) is 35.8 Å². The van der Waals surface area contributed by atoms with Crippen molar-refractivity contribution >= 4 is 48.9 Å². The molecule has 1 N–H and O–H groups in total. The molecule has 0 unspecified atom stereocenters. The molecule has 1 saturated heterocycles. The van der Waals surface area contributed by atoms with Gasteiger partial charge in [-0.3, -0.25) is 9.10 Å². The third-order valence-corrected chi connectivity index (χ3v) is 8.36. The minimum Gasteiger partial charge on any atom is -0.379 e. The van der Waals surface area contributed by atoms with Gasteiger partial charge in [0.25, 0.3) is 0 Å². The van der Waals surface area contributed by atoms with Gasteiger partial charge in [0, 0.05) is 18.8 Å². The van der Waals surface area contributed by atoms with Crippen molar-refractivity contribution in [2.75, 3.05) is 48.7 Å². The van der Waals surface area contributed by atoms with E-state index >= 15 is 0 Å². The van der Waals surface area contributed by atoms with Crippen LogP contribution in [0.15, 0.2) is 47.4 Å². The number of hydrogen-bond acceptors (Lipinski definition) is 6. The van der Waals surface area contributed by atoms with Crippen LogP contribution in [0.2, 0.25) is 5.02 Å². The van der Waals surface area contributed by atoms with Crippen LogP contribution in [0.3, 0.4) is 0 Å². The van der Waals surface area contributed by atoms with Gasteiger partial charge in [0.05, 0.1) is 40.6 Å². The van der Waals surface area contributed by atoms with Crippen LogP contribution < -0.4 is 9.62 Å². The molecule has 0 bridgehead atoms. The molecule has 2 aromatic carbocycles. The number of halogens is 4. The van der Waals surface area contributed by atoms with E-state index in [1.54, 1.807) is 0 Å². The Morgan fingerprint density at radius 2 is 1.69 bits per heavy atom. The minimum atomic E-state index is -4.75. The largest absolute Gasteiger partial charge is 0.417 e. The van der Waals surface area contributed by atoms with E-state index in [-0.39, 0.29) is 42.6 Å². The lowest BCUT2D eigenvalue weighted by Gasteiger charge is -2.26. The first-order chi connectivity index (χ1) is 16.2. The molecule has 0 saturated carbocycles. The van der Waals surface area contributed by atoms with Crippen LogP contribution in [0, 0.1) is 0 Å². The molecule has 0 spiro atoms. The summed E-state index contributed by atoms with van der Waals surface area (Å²) < 4.78 is 96.4. The molecule has 2 aromatic rings. The fourth-order valence-corrected chi connectivity index (χ4v) is 5.76. The van der Waals surface area contributed by atoms with Crippen molar-refractivity contribution in [1.29, 1.82) is 0 Å². The maximum absolute atomic E-state index is 13.1. The van der Waals surface area contributed by atoms with Crippen molar-refractivity contribution in [2.24, 2.45) is 0 Å². The van der Waals surface area contributed by atoms with Gasteiger partial charge >= 0.3 is 6.18 Å². The molecule has 1 amide bonds. The van der Waals surface area contributed by atoms with E-state index in [0.717, 1.165) is 18.4 Å². The van der Waals surface area contributed by atoms with Crippen molar-refractivity contribution in [3.8, 4) is 0 Å². The molecule has 0 radical (unpaired) electrons. The summed E-state index contributed by atoms with van der Waals surface area (Å²) in [4.78, 5) is 12.4. The van der Waals surface area contributed by atoms with Crippen molar-refractivity contribution in [1.82, 2.24) is 4.31 Å². The summed E-state index contributed by atoms with van der Waals surface area (Å²) in [6.45, 7) is 0.109. The molecule has 0 aliphatic carbocycles. The van der Waals surface area contributed by atoms with Crippen LogP contribution in [-0.4, -0.2) is 66.2 Å². The molecule has 1 aliphatic heterocycles. The van der Waals surface area contributed by atoms with Crippen molar-refractivity contribution < 1.29 is 39.5 Å². The number of nitrogens with zero attached hydrogens (tertiary/aromatic N) is 2. The Kier molecular flexibility index (Phi) is 8.01. The fourth-order valence-electron chi connectivity index (χ4n) is 3.27. The average molecular weight is 556 g/mol. The van der Waals surface area contributed by atoms with Crippen LogP contribution >= 0.6 is 11.6 Å². The molecule has 1 fully saturated rings. The summed E-state index contributed by atoms with van der Waals surface area (Å²) in [6.07, 6.45) is -3.91. The topological polar surface area (TPSA) is 113 Å². The van der Waals surface area contributed by atoms with Gasteiger partial charge in [-0.2, -0.15) is 17.5 Å². The number of amides is 1. The van der Waals surface area contributed by atoms with E-state index < -0.39 is 49.3 Å². The Bertz CT molecular complexity index is 1300. The zero-order valence-corrected chi connectivity index (χ0v) is 20.6. The number of sulfonamides is 2. The monoisotopic (exact) mass is 555 g/mol. The van der Waals surface area contributed by atoms with Crippen LogP contribution in [0.1, 0.15) is 5.56 Å². The highest BCUT2D eigenvalue weighted by atomic mass is 35.5. The van der Waals surface area contributed by atoms with Gasteiger partial charge in [0.2, 0.25) is 26.0 Å². The third kappa shape index (κ3) is 6.64. The Hall–Kier alpha value is -2.39. The molecule has 0 aromatic heterocycles. The van der Waals surface area contributed by atoms with Crippen molar-refractivity contribution in [3.05, 3.63) is 53.1 Å². The minimum absolute atomic E-state index is 0.00401. The Morgan fingerprint density at radius 1 is 1.09 bits per heavy atom. The molecule has 15 heteroatoms. The molecule has 0 atom stereocenters. The van der Waals surface area contributed by atoms with E-state index in [1.165, 1.54) is 28.6 Å². The highest BCUT2D eigenvalue weighted by molar-refractivity contribution is 7.92. The van der Waals surface area contributed by atoms with E-state index in [1.807, 2.05) is 0 Å². The summed E-state index contributed by atoms with van der Waals surface area (Å²) in [5.41, 5.74) is -1.39. The first kappa shape index (κ1) is 27.2. The van der Waals surface area contributed by atoms with Gasteiger partial charge in [-0.15, -0.1) is 0 Å². The highest BCUT2D eigenvalue weighted by Gasteiger charge is 2.33. The maximum Gasteiger partial charge on any atom is 0.417 e. The number of nitrogens with one attached hydrogen (secondary N) is 1. The van der Waals surface area contributed by atoms with E-state index in [0.29, 0.717) is 10.4 Å². The number of benzene rings is 2. The number of morpholine rings is 1. The molecule has 192 valence electrons. The van der Waals surface area contributed by atoms with Crippen LogP contribution in [0.4, 0.5) is 24.5 Å². The Balaban J connectivity index is 1.80. The maximum atomic E-state index is 13.1. The Labute approximate surface area is 205 Å². The number of carbonyl (C=O) groups excluding carboxylic acids is 1. The standard InChI is InChI=1S/C20H21ClF3N3O6S2/c1-34(29,30)27(13-19(28)25-14-2-7-18(21)17(12-14)20(22,23)24)15-3-5-16(6-4-15)35(31,32)26-8-10-33-11-9-26/h2-7,12H,8-11,13H2,1H3,(H,25,28). The second kappa shape index (κ2) is 10.3. The number of rotatable bonds is 7. The van der Waals surface area contributed by atoms with Gasteiger partial charge in [-0.25, -0.2) is 16.8 Å². The zero-order valence-electron chi connectivity index (χ0n) is 18.2. The van der Waals surface area contributed by atoms with Crippen molar-refractivity contribution in [3.63, 3.8) is 0 Å². The van der Waals surface area contributed by atoms with Gasteiger partial charge in [-0.1, -0.05) is 11.6 Å². The van der Waals surface area contributed by atoms with Gasteiger partial charge < -0.3 is 10.1 Å². The lowest BCUT2D eigenvalue weighted by atomic mass is 10.2. The quantitative estimate of drug-likeness (QED) is 0.562. The van der Waals surface area contributed by atoms with E-state index in [2.05, 4.69) is 5.32 Å². The van der Waals surface area contributed by atoms with Gasteiger partial charge in [-0.05, 0) is 42.5 Å². The number of anilines is 2. The predicted octanol–water partition coefficient (Wildman–Crippen LogP) is 2.78. The molecule has 35 heavy (non-hydrogen) atoms. The summed E-state index contributed by atoms with van der Waals surface area (Å²) in [5, 5.41) is 1.66. The normalized spacial score (nSPS) is 15.6. The van der Waals surface area contributed by atoms with E-state index in [9.17, 15) is 34.8 Å². The third-order valence-electron chi connectivity index (χ3n) is 4.98. The number of alkyl halides is 3. The van der Waals surface area contributed by atoms with Crippen LogP contribution in [0.5, 0.6) is 0 Å². The molecular weight excluding hydrogens is 535 g/mol. The second-order valence-electron chi connectivity index (χ2n) is 7.52. The highest BCUT2D eigenvalue weighted by Crippen LogP contribution is 2.36. The summed E-state index contributed by atoms with van der Waals surface area (Å²) in [7, 11) is -7.84. The summed E-state index contributed by atoms with van der Waals surface area (Å²) in [5.74, 6) is -0.920. The summed E-state index contributed by atoms with van der Waals surface area (Å²) in [6, 6.07) is 7.62. The van der Waals surface area contributed by atoms with Crippen LogP contribution in [0.25, 0.3) is 0 Å². The number of ether oxygens (including phenoxy) is 1. The first-order valence-corrected chi connectivity index (χ1v) is 13.7. The summed E-state index contributed by atoms with van der Waals surface area (Å²) >= 11 is 5.56. The predicted molar refractivity (Wildman–Crippen MR) is 123 cm³/mol. The first-order valence-electron chi connectivity index (χ1n) is 10.0. The zero-order chi connectivity index (χ0) is 26.0. The number of carbonyl (C=O) groups is 1. The SMILES string of the molecule is CS(=O)(=O)N(CC(=O)Nc1ccc(Cl)c(C(F)(F)F)c1)c1ccc(S(=O)(=O)N2CCOCC2)cc1. The second-order valence-corrected chi connectivity index (χ2v) is 11.8. The smallest absolute Gasteiger partial charge is 0.379 e. The molecule has 1 aliphatic rings. The molecular formula is C20H21ClF3N3O6S2. The van der Waals surface area contributed by atoms with Gasteiger partial charge in [0.15, 0.2) is 0 Å². The average Bonchev–Trinajstić information content (AvgIpc) is 2.78. The molecule has 1 heterocycles. The molecule has 3 rings (SSSR count). The Morgan fingerprint density at radius 3 is 2.23 bits per heavy atom. The van der Waals surface area contributed by atoms with Gasteiger partial charge in [0.1, 0.15) is 6.54 Å². The lowest BCUT2D eigenvalue weighted by Crippen LogP contribution is -2.40. The fraction of sp³-hybridized carbons (Fsp3) is 0.350. The lowest BCUT2D eigenvalue weighted by molar-refractivity contribution is -0.137.